The lowest BCUT2D eigenvalue weighted by molar-refractivity contribution is -0.316. The van der Waals surface area contributed by atoms with Crippen molar-refractivity contribution in [3.05, 3.63) is 59.7 Å². The Bertz CT molecular complexity index is 1500. The second-order valence-electron chi connectivity index (χ2n) is 11.2. The number of amides is 1. The van der Waals surface area contributed by atoms with Gasteiger partial charge in [0.25, 0.3) is 0 Å². The summed E-state index contributed by atoms with van der Waals surface area (Å²) in [6, 6.07) is 13.7. The minimum absolute atomic E-state index is 0.0822. The van der Waals surface area contributed by atoms with Gasteiger partial charge >= 0.3 is 35.9 Å². The fraction of sp³-hybridized carbons (Fsp3) is 0.455. The highest BCUT2D eigenvalue weighted by molar-refractivity contribution is 5.81. The molecule has 2 aromatic carbocycles. The first kappa shape index (κ1) is 35.8. The number of benzene rings is 2. The second-order valence-corrected chi connectivity index (χ2v) is 11.2. The van der Waals surface area contributed by atoms with E-state index in [9.17, 15) is 33.9 Å². The van der Waals surface area contributed by atoms with Crippen molar-refractivity contribution in [3.63, 3.8) is 0 Å². The van der Waals surface area contributed by atoms with Crippen LogP contribution in [0, 0.1) is 0 Å². The van der Waals surface area contributed by atoms with Gasteiger partial charge in [0, 0.05) is 33.6 Å². The largest absolute Gasteiger partial charge is 0.480 e. The lowest BCUT2D eigenvalue weighted by Gasteiger charge is -2.44. The van der Waals surface area contributed by atoms with Crippen LogP contribution in [0.2, 0.25) is 0 Å². The zero-order valence-electron chi connectivity index (χ0n) is 26.9. The molecular weight excluding hydrogens is 634 g/mol. The van der Waals surface area contributed by atoms with Crippen molar-refractivity contribution in [2.24, 2.45) is 0 Å². The molecule has 4 rings (SSSR count). The topological polar surface area (TPSA) is 199 Å². The predicted octanol–water partition coefficient (Wildman–Crippen LogP) is 2.47. The Labute approximate surface area is 275 Å². The van der Waals surface area contributed by atoms with Gasteiger partial charge in [0.15, 0.2) is 30.6 Å². The number of hydrogen-bond donors (Lipinski definition) is 2. The van der Waals surface area contributed by atoms with Gasteiger partial charge in [0.2, 0.25) is 0 Å². The van der Waals surface area contributed by atoms with Gasteiger partial charge in [-0.05, 0) is 29.2 Å². The van der Waals surface area contributed by atoms with E-state index in [1.54, 1.807) is 0 Å². The van der Waals surface area contributed by atoms with Gasteiger partial charge in [-0.25, -0.2) is 9.59 Å². The summed E-state index contributed by atoms with van der Waals surface area (Å²) in [5.41, 5.74) is 3.94. The van der Waals surface area contributed by atoms with Crippen molar-refractivity contribution in [2.45, 2.75) is 83.4 Å². The molecule has 1 aliphatic carbocycles. The normalized spacial score (nSPS) is 22.6. The molecule has 0 radical (unpaired) electrons. The molecule has 1 amide bonds. The first-order valence-corrected chi connectivity index (χ1v) is 15.1. The summed E-state index contributed by atoms with van der Waals surface area (Å²) in [7, 11) is 0. The van der Waals surface area contributed by atoms with Crippen molar-refractivity contribution in [1.82, 2.24) is 5.32 Å². The second kappa shape index (κ2) is 15.7. The van der Waals surface area contributed by atoms with Gasteiger partial charge in [0.1, 0.15) is 19.3 Å². The van der Waals surface area contributed by atoms with Crippen LogP contribution in [0.5, 0.6) is 0 Å². The minimum atomic E-state index is -1.72. The SMILES string of the molecule is CC(=O)OC[C@@H]1O[C@H](O[C@H](C)[C@H](NC(=O)OCC2c3ccccc3-c3ccccc32)C(=O)O)[C@@H](OC(C)=O)[C@@H](OC(C)=O)[C@@H]1OC(C)=O. The van der Waals surface area contributed by atoms with E-state index in [4.69, 9.17) is 33.2 Å². The molecule has 258 valence electrons. The number of hydrogen-bond acceptors (Lipinski definition) is 13. The van der Waals surface area contributed by atoms with Crippen LogP contribution < -0.4 is 5.32 Å². The van der Waals surface area contributed by atoms with Crippen LogP contribution in [0.15, 0.2) is 48.5 Å². The van der Waals surface area contributed by atoms with Crippen molar-refractivity contribution in [1.29, 1.82) is 0 Å². The Morgan fingerprint density at radius 3 is 1.77 bits per heavy atom. The lowest BCUT2D eigenvalue weighted by atomic mass is 9.98. The summed E-state index contributed by atoms with van der Waals surface area (Å²) >= 11 is 0. The number of carbonyl (C=O) groups is 6. The number of rotatable bonds is 12. The number of nitrogens with one attached hydrogen (secondary N) is 1. The molecule has 1 saturated heterocycles. The van der Waals surface area contributed by atoms with E-state index in [0.29, 0.717) is 0 Å². The summed E-state index contributed by atoms with van der Waals surface area (Å²) in [4.78, 5) is 73.0. The summed E-state index contributed by atoms with van der Waals surface area (Å²) in [5.74, 6) is -5.03. The quantitative estimate of drug-likeness (QED) is 0.246. The monoisotopic (exact) mass is 671 g/mol. The van der Waals surface area contributed by atoms with E-state index in [2.05, 4.69) is 5.32 Å². The number of ether oxygens (including phenoxy) is 7. The van der Waals surface area contributed by atoms with Crippen LogP contribution in [-0.4, -0.2) is 97.1 Å². The lowest BCUT2D eigenvalue weighted by Crippen LogP contribution is -2.64. The fourth-order valence-electron chi connectivity index (χ4n) is 5.74. The molecule has 1 heterocycles. The molecule has 15 heteroatoms. The molecule has 48 heavy (non-hydrogen) atoms. The number of carbonyl (C=O) groups excluding carboxylic acids is 5. The average molecular weight is 672 g/mol. The van der Waals surface area contributed by atoms with Crippen LogP contribution in [0.4, 0.5) is 4.79 Å². The van der Waals surface area contributed by atoms with Crippen molar-refractivity contribution >= 4 is 35.9 Å². The molecular formula is C33H37NO14. The van der Waals surface area contributed by atoms with Crippen LogP contribution in [0.25, 0.3) is 11.1 Å². The van der Waals surface area contributed by atoms with Crippen LogP contribution in [-0.2, 0) is 57.1 Å². The van der Waals surface area contributed by atoms with Crippen LogP contribution in [0.1, 0.15) is 51.7 Å². The summed E-state index contributed by atoms with van der Waals surface area (Å²) in [6.07, 6.45) is -9.95. The summed E-state index contributed by atoms with van der Waals surface area (Å²) in [6.45, 7) is 5.02. The third-order valence-corrected chi connectivity index (χ3v) is 7.65. The van der Waals surface area contributed by atoms with Gasteiger partial charge in [-0.3, -0.25) is 19.2 Å². The molecule has 0 aromatic heterocycles. The molecule has 2 N–H and O–H groups in total. The third-order valence-electron chi connectivity index (χ3n) is 7.65. The van der Waals surface area contributed by atoms with E-state index in [0.717, 1.165) is 49.9 Å². The zero-order chi connectivity index (χ0) is 35.1. The highest BCUT2D eigenvalue weighted by Crippen LogP contribution is 2.44. The van der Waals surface area contributed by atoms with Crippen molar-refractivity contribution in [2.75, 3.05) is 13.2 Å². The standard InChI is InChI=1S/C33H37NO14/c1-16(27(31(39)40)34-33(41)43-14-25-23-12-8-6-10-21(23)22-11-7-9-13-24(22)25)44-32-30(47-20(5)38)29(46-19(4)37)28(45-18(3)36)26(48-32)15-42-17(2)35/h6-13,16,25-30,32H,14-15H2,1-5H3,(H,34,41)(H,39,40)/t16-,26+,27+,28-,29+,30+,32+/m1/s1. The number of fused-ring (bicyclic) bond motifs is 3. The highest BCUT2D eigenvalue weighted by Gasteiger charge is 2.53. The molecule has 2 aliphatic rings. The minimum Gasteiger partial charge on any atom is -0.480 e. The van der Waals surface area contributed by atoms with Gasteiger partial charge in [-0.1, -0.05) is 48.5 Å². The molecule has 0 unspecified atom stereocenters. The molecule has 1 fully saturated rings. The van der Waals surface area contributed by atoms with Crippen LogP contribution in [0.3, 0.4) is 0 Å². The number of esters is 4. The number of carboxylic acid groups (broad SMARTS) is 1. The average Bonchev–Trinajstić information content (AvgIpc) is 3.33. The maximum Gasteiger partial charge on any atom is 0.407 e. The Morgan fingerprint density at radius 1 is 0.729 bits per heavy atom. The predicted molar refractivity (Wildman–Crippen MR) is 162 cm³/mol. The van der Waals surface area contributed by atoms with Crippen LogP contribution >= 0.6 is 0 Å². The number of carboxylic acids is 1. The zero-order valence-corrected chi connectivity index (χ0v) is 26.9. The summed E-state index contributed by atoms with van der Waals surface area (Å²) < 4.78 is 38.3. The Kier molecular flexibility index (Phi) is 11.7. The first-order valence-electron chi connectivity index (χ1n) is 15.1. The number of aliphatic carboxylic acids is 1. The van der Waals surface area contributed by atoms with Crippen molar-refractivity contribution < 1.29 is 67.0 Å². The maximum absolute atomic E-state index is 13.0. The molecule has 0 saturated carbocycles. The molecule has 1 aliphatic heterocycles. The maximum atomic E-state index is 13.0. The van der Waals surface area contributed by atoms with E-state index in [-0.39, 0.29) is 12.5 Å². The van der Waals surface area contributed by atoms with Crippen molar-refractivity contribution in [3.8, 4) is 11.1 Å². The Hall–Kier alpha value is -5.02. The van der Waals surface area contributed by atoms with E-state index < -0.39 is 85.4 Å². The Balaban J connectivity index is 1.52. The van der Waals surface area contributed by atoms with Gasteiger partial charge < -0.3 is 43.6 Å². The number of alkyl carbamates (subject to hydrolysis) is 1. The molecule has 2 aromatic rings. The van der Waals surface area contributed by atoms with E-state index in [1.165, 1.54) is 6.92 Å². The molecule has 0 spiro atoms. The van der Waals surface area contributed by atoms with E-state index in [1.807, 2.05) is 48.5 Å². The van der Waals surface area contributed by atoms with E-state index >= 15 is 0 Å². The first-order chi connectivity index (χ1) is 22.8. The molecule has 15 nitrogen and oxygen atoms in total. The smallest absolute Gasteiger partial charge is 0.407 e. The van der Waals surface area contributed by atoms with Gasteiger partial charge in [0.05, 0.1) is 6.10 Å². The van der Waals surface area contributed by atoms with Gasteiger partial charge in [-0.2, -0.15) is 0 Å². The third kappa shape index (κ3) is 8.66. The fourth-order valence-corrected chi connectivity index (χ4v) is 5.74. The highest BCUT2D eigenvalue weighted by atomic mass is 16.7. The molecule has 0 bridgehead atoms. The molecule has 7 atom stereocenters. The Morgan fingerprint density at radius 2 is 1.25 bits per heavy atom. The van der Waals surface area contributed by atoms with Gasteiger partial charge in [-0.15, -0.1) is 0 Å². The summed E-state index contributed by atoms with van der Waals surface area (Å²) in [5, 5.41) is 12.3.